The standard InChI is InChI=1S/C14H19ClN2O3S/c1-14(2,3)13(18)16-10-5-6-11(15)12(9-10)17-7-4-8-21(17,19)20/h5-6,9H,4,7-8H2,1-3H3,(H,16,18). The van der Waals surface area contributed by atoms with Crippen molar-refractivity contribution in [2.75, 3.05) is 21.9 Å². The zero-order valence-electron chi connectivity index (χ0n) is 12.3. The Balaban J connectivity index is 2.32. The number of carbonyl (C=O) groups excluding carboxylic acids is 1. The van der Waals surface area contributed by atoms with Crippen molar-refractivity contribution >= 4 is 38.9 Å². The first-order valence-electron chi connectivity index (χ1n) is 6.73. The second kappa shape index (κ2) is 5.50. The van der Waals surface area contributed by atoms with Gasteiger partial charge in [0.2, 0.25) is 15.9 Å². The summed E-state index contributed by atoms with van der Waals surface area (Å²) in [7, 11) is -3.30. The molecule has 0 atom stereocenters. The molecule has 0 radical (unpaired) electrons. The third-order valence-corrected chi connectivity index (χ3v) is 5.43. The van der Waals surface area contributed by atoms with Gasteiger partial charge in [-0.05, 0) is 24.6 Å². The zero-order valence-corrected chi connectivity index (χ0v) is 13.9. The number of amides is 1. The molecule has 0 saturated carbocycles. The minimum absolute atomic E-state index is 0.127. The Morgan fingerprint density at radius 2 is 2.00 bits per heavy atom. The van der Waals surface area contributed by atoms with Crippen LogP contribution in [-0.2, 0) is 14.8 Å². The average molecular weight is 331 g/mol. The second-order valence-electron chi connectivity index (χ2n) is 6.11. The van der Waals surface area contributed by atoms with Gasteiger partial charge in [0.15, 0.2) is 0 Å². The van der Waals surface area contributed by atoms with E-state index in [-0.39, 0.29) is 11.7 Å². The summed E-state index contributed by atoms with van der Waals surface area (Å²) < 4.78 is 25.3. The monoisotopic (exact) mass is 330 g/mol. The number of benzene rings is 1. The number of sulfonamides is 1. The molecule has 1 saturated heterocycles. The first kappa shape index (κ1) is 16.1. The van der Waals surface area contributed by atoms with E-state index >= 15 is 0 Å². The summed E-state index contributed by atoms with van der Waals surface area (Å²) in [5.74, 6) is -0.0119. The van der Waals surface area contributed by atoms with Crippen LogP contribution in [-0.4, -0.2) is 26.6 Å². The lowest BCUT2D eigenvalue weighted by molar-refractivity contribution is -0.123. The molecule has 1 aliphatic heterocycles. The Bertz CT molecular complexity index is 665. The van der Waals surface area contributed by atoms with Gasteiger partial charge in [-0.15, -0.1) is 0 Å². The van der Waals surface area contributed by atoms with Crippen LogP contribution in [0, 0.1) is 5.41 Å². The number of rotatable bonds is 2. The molecule has 0 bridgehead atoms. The minimum atomic E-state index is -3.30. The Morgan fingerprint density at radius 1 is 1.33 bits per heavy atom. The van der Waals surface area contributed by atoms with Gasteiger partial charge >= 0.3 is 0 Å². The highest BCUT2D eigenvalue weighted by atomic mass is 35.5. The Kier molecular flexibility index (Phi) is 4.22. The van der Waals surface area contributed by atoms with Crippen LogP contribution in [0.4, 0.5) is 11.4 Å². The molecular weight excluding hydrogens is 312 g/mol. The van der Waals surface area contributed by atoms with Crippen LogP contribution in [0.1, 0.15) is 27.2 Å². The Labute approximate surface area is 130 Å². The quantitative estimate of drug-likeness (QED) is 0.906. The number of hydrogen-bond acceptors (Lipinski definition) is 3. The Morgan fingerprint density at radius 3 is 2.52 bits per heavy atom. The average Bonchev–Trinajstić information content (AvgIpc) is 2.70. The summed E-state index contributed by atoms with van der Waals surface area (Å²) in [5.41, 5.74) is 0.428. The van der Waals surface area contributed by atoms with E-state index in [0.29, 0.717) is 29.4 Å². The number of hydrogen-bond donors (Lipinski definition) is 1. The molecule has 21 heavy (non-hydrogen) atoms. The predicted molar refractivity (Wildman–Crippen MR) is 85.3 cm³/mol. The van der Waals surface area contributed by atoms with E-state index in [2.05, 4.69) is 5.32 Å². The first-order valence-corrected chi connectivity index (χ1v) is 8.71. The molecule has 1 aromatic carbocycles. The largest absolute Gasteiger partial charge is 0.326 e. The SMILES string of the molecule is CC(C)(C)C(=O)Nc1ccc(Cl)c(N2CCCS2(=O)=O)c1. The van der Waals surface area contributed by atoms with Crippen LogP contribution in [0.5, 0.6) is 0 Å². The van der Waals surface area contributed by atoms with Crippen molar-refractivity contribution < 1.29 is 13.2 Å². The normalized spacial score (nSPS) is 17.8. The number of nitrogens with zero attached hydrogens (tertiary/aromatic N) is 1. The maximum atomic E-state index is 12.0. The van der Waals surface area contributed by atoms with Gasteiger partial charge in [-0.3, -0.25) is 9.10 Å². The van der Waals surface area contributed by atoms with Gasteiger partial charge in [-0.1, -0.05) is 32.4 Å². The second-order valence-corrected chi connectivity index (χ2v) is 8.53. The minimum Gasteiger partial charge on any atom is -0.326 e. The van der Waals surface area contributed by atoms with Crippen molar-refractivity contribution in [1.82, 2.24) is 0 Å². The molecule has 116 valence electrons. The van der Waals surface area contributed by atoms with Gasteiger partial charge in [0, 0.05) is 17.6 Å². The van der Waals surface area contributed by atoms with E-state index in [1.807, 2.05) is 20.8 Å². The highest BCUT2D eigenvalue weighted by Gasteiger charge is 2.30. The molecule has 1 aromatic rings. The summed E-state index contributed by atoms with van der Waals surface area (Å²) in [5, 5.41) is 3.14. The van der Waals surface area contributed by atoms with Crippen molar-refractivity contribution in [3.8, 4) is 0 Å². The van der Waals surface area contributed by atoms with Gasteiger partial charge in [-0.25, -0.2) is 8.42 Å². The van der Waals surface area contributed by atoms with Gasteiger partial charge < -0.3 is 5.32 Å². The maximum Gasteiger partial charge on any atom is 0.235 e. The summed E-state index contributed by atoms with van der Waals surface area (Å²) in [6.07, 6.45) is 0.581. The zero-order chi connectivity index (χ0) is 15.8. The van der Waals surface area contributed by atoms with E-state index in [0.717, 1.165) is 0 Å². The van der Waals surface area contributed by atoms with Crippen molar-refractivity contribution in [2.45, 2.75) is 27.2 Å². The van der Waals surface area contributed by atoms with Gasteiger partial charge in [0.25, 0.3) is 0 Å². The van der Waals surface area contributed by atoms with Crippen molar-refractivity contribution in [3.05, 3.63) is 23.2 Å². The molecule has 5 nitrogen and oxygen atoms in total. The number of halogens is 1. The van der Waals surface area contributed by atoms with Gasteiger partial charge in [0.1, 0.15) is 0 Å². The number of carbonyl (C=O) groups is 1. The summed E-state index contributed by atoms with van der Waals surface area (Å²) in [6.45, 7) is 5.84. The van der Waals surface area contributed by atoms with Crippen molar-refractivity contribution in [2.24, 2.45) is 5.41 Å². The molecule has 0 aliphatic carbocycles. The fourth-order valence-corrected chi connectivity index (χ4v) is 3.85. The topological polar surface area (TPSA) is 66.5 Å². The molecule has 7 heteroatoms. The molecule has 1 heterocycles. The molecule has 2 rings (SSSR count). The van der Waals surface area contributed by atoms with Gasteiger partial charge in [-0.2, -0.15) is 0 Å². The van der Waals surface area contributed by atoms with Crippen LogP contribution in [0.2, 0.25) is 5.02 Å². The highest BCUT2D eigenvalue weighted by molar-refractivity contribution is 7.93. The molecule has 1 amide bonds. The van der Waals surface area contributed by atoms with E-state index in [1.54, 1.807) is 18.2 Å². The van der Waals surface area contributed by atoms with Crippen LogP contribution in [0.3, 0.4) is 0 Å². The lowest BCUT2D eigenvalue weighted by Gasteiger charge is -2.21. The third kappa shape index (κ3) is 3.49. The number of anilines is 2. The van der Waals surface area contributed by atoms with Crippen LogP contribution >= 0.6 is 11.6 Å². The lowest BCUT2D eigenvalue weighted by atomic mass is 9.95. The first-order chi connectivity index (χ1) is 9.61. The summed E-state index contributed by atoms with van der Waals surface area (Å²) >= 11 is 6.11. The molecule has 1 aliphatic rings. The molecular formula is C14H19ClN2O3S. The molecule has 0 unspecified atom stereocenters. The van der Waals surface area contributed by atoms with E-state index in [1.165, 1.54) is 4.31 Å². The maximum absolute atomic E-state index is 12.0. The fourth-order valence-electron chi connectivity index (χ4n) is 2.01. The predicted octanol–water partition coefficient (Wildman–Crippen LogP) is 2.86. The summed E-state index contributed by atoms with van der Waals surface area (Å²) in [4.78, 5) is 12.0. The smallest absolute Gasteiger partial charge is 0.235 e. The van der Waals surface area contributed by atoms with E-state index in [4.69, 9.17) is 11.6 Å². The molecule has 1 N–H and O–H groups in total. The summed E-state index contributed by atoms with van der Waals surface area (Å²) in [6, 6.07) is 4.87. The van der Waals surface area contributed by atoms with E-state index < -0.39 is 15.4 Å². The van der Waals surface area contributed by atoms with Crippen molar-refractivity contribution in [1.29, 1.82) is 0 Å². The third-order valence-electron chi connectivity index (χ3n) is 3.25. The van der Waals surface area contributed by atoms with Gasteiger partial charge in [0.05, 0.1) is 16.5 Å². The Hall–Kier alpha value is -1.27. The number of nitrogens with one attached hydrogen (secondary N) is 1. The molecule has 0 aromatic heterocycles. The van der Waals surface area contributed by atoms with E-state index in [9.17, 15) is 13.2 Å². The van der Waals surface area contributed by atoms with Crippen LogP contribution in [0.15, 0.2) is 18.2 Å². The van der Waals surface area contributed by atoms with Crippen LogP contribution < -0.4 is 9.62 Å². The lowest BCUT2D eigenvalue weighted by Crippen LogP contribution is -2.28. The molecule has 0 spiro atoms. The van der Waals surface area contributed by atoms with Crippen molar-refractivity contribution in [3.63, 3.8) is 0 Å². The highest BCUT2D eigenvalue weighted by Crippen LogP contribution is 2.33. The molecule has 1 fully saturated rings. The van der Waals surface area contributed by atoms with Crippen LogP contribution in [0.25, 0.3) is 0 Å². The fraction of sp³-hybridized carbons (Fsp3) is 0.500.